The lowest BCUT2D eigenvalue weighted by molar-refractivity contribution is 0.309. The molecule has 0 radical (unpaired) electrons. The fourth-order valence-corrected chi connectivity index (χ4v) is 4.39. The van der Waals surface area contributed by atoms with Gasteiger partial charge in [-0.15, -0.1) is 10.2 Å². The van der Waals surface area contributed by atoms with E-state index in [0.717, 1.165) is 58.5 Å². The van der Waals surface area contributed by atoms with Gasteiger partial charge in [-0.25, -0.2) is 4.52 Å². The highest BCUT2D eigenvalue weighted by Gasteiger charge is 2.13. The Hall–Kier alpha value is -3.32. The molecule has 32 heavy (non-hydrogen) atoms. The van der Waals surface area contributed by atoms with Crippen LogP contribution in [0, 0.1) is 6.92 Å². The maximum atomic E-state index is 5.77. The molecule has 0 N–H and O–H groups in total. The van der Waals surface area contributed by atoms with E-state index in [1.165, 1.54) is 11.1 Å². The van der Waals surface area contributed by atoms with Gasteiger partial charge >= 0.3 is 0 Å². The molecule has 0 fully saturated rings. The predicted octanol–water partition coefficient (Wildman–Crippen LogP) is 5.82. The first-order chi connectivity index (χ1) is 15.7. The first kappa shape index (κ1) is 20.6. The van der Waals surface area contributed by atoms with Crippen molar-refractivity contribution in [3.05, 3.63) is 78.1 Å². The Labute approximate surface area is 191 Å². The average molecular weight is 444 g/mol. The molecule has 0 aliphatic rings. The average Bonchev–Trinajstić information content (AvgIpc) is 3.43. The van der Waals surface area contributed by atoms with Gasteiger partial charge in [0.05, 0.1) is 12.3 Å². The van der Waals surface area contributed by atoms with Crippen LogP contribution >= 0.6 is 11.8 Å². The second kappa shape index (κ2) is 9.04. The topological polar surface area (TPSA) is 56.7 Å². The van der Waals surface area contributed by atoms with Crippen LogP contribution in [0.2, 0.25) is 0 Å². The normalized spacial score (nSPS) is 11.4. The second-order valence-corrected chi connectivity index (χ2v) is 8.78. The van der Waals surface area contributed by atoms with E-state index < -0.39 is 0 Å². The minimum Gasteiger partial charge on any atom is -0.494 e. The van der Waals surface area contributed by atoms with Crippen molar-refractivity contribution in [3.63, 3.8) is 0 Å². The summed E-state index contributed by atoms with van der Waals surface area (Å²) in [5.41, 5.74) is 6.22. The summed E-state index contributed by atoms with van der Waals surface area (Å²) in [5.74, 6) is 1.74. The number of aromatic nitrogens is 5. The molecule has 2 aromatic carbocycles. The summed E-state index contributed by atoms with van der Waals surface area (Å²) in [7, 11) is 0. The fourth-order valence-electron chi connectivity index (χ4n) is 3.52. The van der Waals surface area contributed by atoms with E-state index in [2.05, 4.69) is 54.4 Å². The van der Waals surface area contributed by atoms with Gasteiger partial charge in [-0.05, 0) is 49.2 Å². The molecule has 0 saturated heterocycles. The number of nitrogens with zero attached hydrogens (tertiary/aromatic N) is 5. The lowest BCUT2D eigenvalue weighted by Crippen LogP contribution is -1.96. The van der Waals surface area contributed by atoms with Gasteiger partial charge in [0.15, 0.2) is 10.8 Å². The molecule has 3 heterocycles. The summed E-state index contributed by atoms with van der Waals surface area (Å²) in [4.78, 5) is 0. The molecule has 0 saturated carbocycles. The molecule has 0 spiro atoms. The van der Waals surface area contributed by atoms with Gasteiger partial charge in [-0.2, -0.15) is 5.10 Å². The molecule has 7 heteroatoms. The number of unbranched alkanes of at least 4 members (excludes halogenated alkanes) is 1. The highest BCUT2D eigenvalue weighted by molar-refractivity contribution is 7.98. The van der Waals surface area contributed by atoms with E-state index in [0.29, 0.717) is 0 Å². The van der Waals surface area contributed by atoms with Gasteiger partial charge < -0.3 is 4.74 Å². The Morgan fingerprint density at radius 1 is 0.969 bits per heavy atom. The molecular formula is C25H25N5OS. The minimum atomic E-state index is 0.749. The summed E-state index contributed by atoms with van der Waals surface area (Å²) >= 11 is 1.68. The zero-order chi connectivity index (χ0) is 21.9. The maximum Gasteiger partial charge on any atom is 0.196 e. The monoisotopic (exact) mass is 443 g/mol. The molecule has 0 bridgehead atoms. The van der Waals surface area contributed by atoms with E-state index in [-0.39, 0.29) is 0 Å². The predicted molar refractivity (Wildman–Crippen MR) is 128 cm³/mol. The van der Waals surface area contributed by atoms with Crippen LogP contribution in [0.15, 0.2) is 72.1 Å². The Bertz CT molecular complexity index is 1340. The van der Waals surface area contributed by atoms with Crippen LogP contribution in [0.3, 0.4) is 0 Å². The number of ether oxygens (including phenoxy) is 1. The second-order valence-electron chi connectivity index (χ2n) is 7.83. The molecule has 0 aliphatic carbocycles. The van der Waals surface area contributed by atoms with Crippen molar-refractivity contribution >= 4 is 22.9 Å². The Morgan fingerprint density at radius 2 is 1.78 bits per heavy atom. The standard InChI is InChI=1S/C25H25N5OS/c1-3-4-15-31-21-11-9-20(10-12-21)22-16-23-24-26-27-25(29(24)13-14-30(23)28-22)32-17-19-7-5-18(2)6-8-19/h5-14,16H,3-4,15,17H2,1-2H3. The van der Waals surface area contributed by atoms with Crippen LogP contribution in [0.1, 0.15) is 30.9 Å². The summed E-state index contributed by atoms with van der Waals surface area (Å²) in [5, 5.41) is 14.5. The number of aryl methyl sites for hydroxylation is 1. The highest BCUT2D eigenvalue weighted by atomic mass is 32.2. The number of thioether (sulfide) groups is 1. The quantitative estimate of drug-likeness (QED) is 0.223. The SMILES string of the molecule is CCCCOc1ccc(-c2cc3c4nnc(SCc5ccc(C)cc5)n4ccn3n2)cc1. The van der Waals surface area contributed by atoms with Crippen molar-refractivity contribution in [3.8, 4) is 17.0 Å². The molecule has 0 atom stereocenters. The van der Waals surface area contributed by atoms with Crippen molar-refractivity contribution in [1.29, 1.82) is 0 Å². The van der Waals surface area contributed by atoms with Crippen LogP contribution in [0.4, 0.5) is 0 Å². The first-order valence-corrected chi connectivity index (χ1v) is 11.8. The first-order valence-electron chi connectivity index (χ1n) is 10.9. The largest absolute Gasteiger partial charge is 0.494 e. The van der Waals surface area contributed by atoms with E-state index >= 15 is 0 Å². The number of benzene rings is 2. The molecule has 0 aliphatic heterocycles. The molecule has 5 aromatic rings. The number of hydrogen-bond acceptors (Lipinski definition) is 5. The number of rotatable bonds is 8. The van der Waals surface area contributed by atoms with Crippen LogP contribution < -0.4 is 4.74 Å². The van der Waals surface area contributed by atoms with Crippen LogP contribution in [-0.4, -0.2) is 30.8 Å². The molecule has 3 aromatic heterocycles. The van der Waals surface area contributed by atoms with E-state index in [1.54, 1.807) is 11.8 Å². The van der Waals surface area contributed by atoms with Crippen molar-refractivity contribution in [2.45, 2.75) is 37.6 Å². The van der Waals surface area contributed by atoms with Gasteiger partial charge in [0, 0.05) is 23.7 Å². The van der Waals surface area contributed by atoms with E-state index in [9.17, 15) is 0 Å². The van der Waals surface area contributed by atoms with Gasteiger partial charge in [0.2, 0.25) is 0 Å². The fraction of sp³-hybridized carbons (Fsp3) is 0.240. The zero-order valence-electron chi connectivity index (χ0n) is 18.2. The Kier molecular flexibility index (Phi) is 5.81. The third-order valence-electron chi connectivity index (χ3n) is 5.39. The summed E-state index contributed by atoms with van der Waals surface area (Å²) < 4.78 is 9.66. The van der Waals surface area contributed by atoms with Gasteiger partial charge in [0.1, 0.15) is 11.3 Å². The third-order valence-corrected chi connectivity index (χ3v) is 6.41. The Balaban J connectivity index is 1.38. The Morgan fingerprint density at radius 3 is 2.56 bits per heavy atom. The highest BCUT2D eigenvalue weighted by Crippen LogP contribution is 2.27. The minimum absolute atomic E-state index is 0.749. The zero-order valence-corrected chi connectivity index (χ0v) is 19.0. The van der Waals surface area contributed by atoms with Crippen LogP contribution in [-0.2, 0) is 5.75 Å². The van der Waals surface area contributed by atoms with E-state index in [1.807, 2.05) is 45.6 Å². The summed E-state index contributed by atoms with van der Waals surface area (Å²) in [6.45, 7) is 5.01. The van der Waals surface area contributed by atoms with Crippen molar-refractivity contribution in [2.75, 3.05) is 6.61 Å². The molecule has 0 unspecified atom stereocenters. The molecule has 5 rings (SSSR count). The molecule has 6 nitrogen and oxygen atoms in total. The summed E-state index contributed by atoms with van der Waals surface area (Å²) in [6.07, 6.45) is 6.12. The maximum absolute atomic E-state index is 5.77. The number of fused-ring (bicyclic) bond motifs is 3. The van der Waals surface area contributed by atoms with Crippen molar-refractivity contribution in [1.82, 2.24) is 24.2 Å². The van der Waals surface area contributed by atoms with Gasteiger partial charge in [-0.1, -0.05) is 54.9 Å². The molecule has 0 amide bonds. The van der Waals surface area contributed by atoms with Crippen LogP contribution in [0.25, 0.3) is 22.4 Å². The lowest BCUT2D eigenvalue weighted by atomic mass is 10.1. The van der Waals surface area contributed by atoms with Crippen molar-refractivity contribution in [2.24, 2.45) is 0 Å². The molecular weight excluding hydrogens is 418 g/mol. The van der Waals surface area contributed by atoms with Gasteiger partial charge in [0.25, 0.3) is 0 Å². The van der Waals surface area contributed by atoms with Gasteiger partial charge in [-0.3, -0.25) is 4.40 Å². The molecule has 162 valence electrons. The van der Waals surface area contributed by atoms with E-state index in [4.69, 9.17) is 9.84 Å². The van der Waals surface area contributed by atoms with Crippen LogP contribution in [0.5, 0.6) is 5.75 Å². The third kappa shape index (κ3) is 4.21. The van der Waals surface area contributed by atoms with Crippen molar-refractivity contribution < 1.29 is 4.74 Å². The number of hydrogen-bond donors (Lipinski definition) is 0. The smallest absolute Gasteiger partial charge is 0.196 e. The summed E-state index contributed by atoms with van der Waals surface area (Å²) in [6, 6.07) is 18.8. The lowest BCUT2D eigenvalue weighted by Gasteiger charge is -2.05.